The van der Waals surface area contributed by atoms with Crippen molar-refractivity contribution in [2.45, 2.75) is 52.4 Å². The van der Waals surface area contributed by atoms with Crippen molar-refractivity contribution >= 4 is 0 Å². The molecule has 134 valence electrons. The Kier molecular flexibility index (Phi) is 6.60. The molecule has 0 unspecified atom stereocenters. The van der Waals surface area contributed by atoms with E-state index >= 15 is 0 Å². The fraction of sp³-hybridized carbons (Fsp3) is 0.320. The van der Waals surface area contributed by atoms with Crippen molar-refractivity contribution in [3.05, 3.63) is 89.1 Å². The summed E-state index contributed by atoms with van der Waals surface area (Å²) in [6, 6.07) is 22.2. The van der Waals surface area contributed by atoms with Gasteiger partial charge < -0.3 is 0 Å². The molecule has 0 saturated heterocycles. The summed E-state index contributed by atoms with van der Waals surface area (Å²) in [6.45, 7) is 4.43. The molecule has 1 aromatic heterocycles. The standard InChI is InChI=1S/C25H29N/c1-3-5-6-21-13-16-24(17-14-21)25-18-15-23(19-26-25)12-11-22-9-7-20(4-2)8-10-22/h7-10,13-19H,3-6,11-12H2,1-2H3. The Labute approximate surface area is 158 Å². The van der Waals surface area contributed by atoms with Gasteiger partial charge in [-0.05, 0) is 60.4 Å². The molecule has 26 heavy (non-hydrogen) atoms. The first-order valence-corrected chi connectivity index (χ1v) is 9.90. The summed E-state index contributed by atoms with van der Waals surface area (Å²) in [5.74, 6) is 0. The van der Waals surface area contributed by atoms with Crippen LogP contribution in [0.2, 0.25) is 0 Å². The number of pyridine rings is 1. The van der Waals surface area contributed by atoms with Gasteiger partial charge in [-0.1, -0.05) is 74.9 Å². The topological polar surface area (TPSA) is 12.9 Å². The van der Waals surface area contributed by atoms with Gasteiger partial charge in [0.25, 0.3) is 0 Å². The van der Waals surface area contributed by atoms with E-state index in [1.807, 2.05) is 6.20 Å². The number of hydrogen-bond acceptors (Lipinski definition) is 1. The number of rotatable bonds is 8. The fourth-order valence-electron chi connectivity index (χ4n) is 3.20. The highest BCUT2D eigenvalue weighted by Gasteiger charge is 2.02. The van der Waals surface area contributed by atoms with Crippen LogP contribution in [-0.2, 0) is 25.7 Å². The Morgan fingerprint density at radius 2 is 1.19 bits per heavy atom. The lowest BCUT2D eigenvalue weighted by Gasteiger charge is -2.06. The normalized spacial score (nSPS) is 10.8. The molecule has 0 aliphatic carbocycles. The molecule has 2 aromatic carbocycles. The van der Waals surface area contributed by atoms with E-state index in [1.54, 1.807) is 0 Å². The van der Waals surface area contributed by atoms with Crippen LogP contribution in [0.5, 0.6) is 0 Å². The van der Waals surface area contributed by atoms with Gasteiger partial charge in [0, 0.05) is 11.8 Å². The van der Waals surface area contributed by atoms with E-state index in [-0.39, 0.29) is 0 Å². The minimum Gasteiger partial charge on any atom is -0.256 e. The van der Waals surface area contributed by atoms with Crippen molar-refractivity contribution in [2.75, 3.05) is 0 Å². The second-order valence-corrected chi connectivity index (χ2v) is 7.02. The molecule has 3 aromatic rings. The van der Waals surface area contributed by atoms with Crippen molar-refractivity contribution in [3.63, 3.8) is 0 Å². The van der Waals surface area contributed by atoms with Gasteiger partial charge in [0.2, 0.25) is 0 Å². The van der Waals surface area contributed by atoms with Gasteiger partial charge in [-0.15, -0.1) is 0 Å². The van der Waals surface area contributed by atoms with Crippen LogP contribution in [0.1, 0.15) is 48.9 Å². The van der Waals surface area contributed by atoms with E-state index in [1.165, 1.54) is 47.1 Å². The van der Waals surface area contributed by atoms with E-state index in [2.05, 4.69) is 79.5 Å². The minimum atomic E-state index is 1.04. The van der Waals surface area contributed by atoms with Crippen LogP contribution < -0.4 is 0 Å². The summed E-state index contributed by atoms with van der Waals surface area (Å²) >= 11 is 0. The Morgan fingerprint density at radius 1 is 0.615 bits per heavy atom. The molecule has 0 spiro atoms. The molecule has 3 rings (SSSR count). The molecule has 0 saturated carbocycles. The van der Waals surface area contributed by atoms with E-state index < -0.39 is 0 Å². The van der Waals surface area contributed by atoms with E-state index in [9.17, 15) is 0 Å². The van der Waals surface area contributed by atoms with Crippen LogP contribution in [0.3, 0.4) is 0 Å². The average molecular weight is 344 g/mol. The van der Waals surface area contributed by atoms with Crippen molar-refractivity contribution < 1.29 is 0 Å². The first-order chi connectivity index (χ1) is 12.8. The summed E-state index contributed by atoms with van der Waals surface area (Å²) < 4.78 is 0. The number of benzene rings is 2. The first-order valence-electron chi connectivity index (χ1n) is 9.90. The second kappa shape index (κ2) is 9.33. The molecule has 0 N–H and O–H groups in total. The summed E-state index contributed by atoms with van der Waals surface area (Å²) in [5, 5.41) is 0. The molecule has 0 radical (unpaired) electrons. The minimum absolute atomic E-state index is 1.04. The number of hydrogen-bond donors (Lipinski definition) is 0. The van der Waals surface area contributed by atoms with Crippen LogP contribution in [-0.4, -0.2) is 4.98 Å². The highest BCUT2D eigenvalue weighted by atomic mass is 14.7. The van der Waals surface area contributed by atoms with Gasteiger partial charge in [-0.2, -0.15) is 0 Å². The second-order valence-electron chi connectivity index (χ2n) is 7.02. The summed E-state index contributed by atoms with van der Waals surface area (Å²) in [6.07, 6.45) is 8.90. The molecule has 0 atom stereocenters. The zero-order valence-electron chi connectivity index (χ0n) is 16.0. The van der Waals surface area contributed by atoms with Gasteiger partial charge >= 0.3 is 0 Å². The lowest BCUT2D eigenvalue weighted by atomic mass is 10.0. The van der Waals surface area contributed by atoms with Crippen LogP contribution in [0, 0.1) is 0 Å². The molecule has 0 bridgehead atoms. The van der Waals surface area contributed by atoms with Crippen molar-refractivity contribution in [2.24, 2.45) is 0 Å². The van der Waals surface area contributed by atoms with Gasteiger partial charge in [0.05, 0.1) is 5.69 Å². The SMILES string of the molecule is CCCCc1ccc(-c2ccc(CCc3ccc(CC)cc3)cn2)cc1. The number of nitrogens with zero attached hydrogens (tertiary/aromatic N) is 1. The zero-order chi connectivity index (χ0) is 18.2. The molecule has 1 heteroatoms. The number of unbranched alkanes of at least 4 members (excludes halogenated alkanes) is 1. The fourth-order valence-corrected chi connectivity index (χ4v) is 3.20. The van der Waals surface area contributed by atoms with Crippen molar-refractivity contribution in [1.82, 2.24) is 4.98 Å². The quantitative estimate of drug-likeness (QED) is 0.458. The maximum Gasteiger partial charge on any atom is 0.0702 e. The molecule has 1 heterocycles. The highest BCUT2D eigenvalue weighted by molar-refractivity contribution is 5.59. The van der Waals surface area contributed by atoms with Crippen molar-refractivity contribution in [1.29, 1.82) is 0 Å². The Balaban J connectivity index is 1.58. The Bertz CT molecular complexity index is 783. The molecule has 0 aliphatic heterocycles. The molecule has 0 amide bonds. The largest absolute Gasteiger partial charge is 0.256 e. The third-order valence-corrected chi connectivity index (χ3v) is 5.03. The molecule has 0 aliphatic rings. The first kappa shape index (κ1) is 18.4. The smallest absolute Gasteiger partial charge is 0.0702 e. The summed E-state index contributed by atoms with van der Waals surface area (Å²) in [7, 11) is 0. The molecule has 0 fully saturated rings. The molecular formula is C25H29N. The van der Waals surface area contributed by atoms with Gasteiger partial charge in [-0.3, -0.25) is 4.98 Å². The predicted molar refractivity (Wildman–Crippen MR) is 112 cm³/mol. The van der Waals surface area contributed by atoms with E-state index in [4.69, 9.17) is 0 Å². The predicted octanol–water partition coefficient (Wildman–Crippen LogP) is 6.44. The third kappa shape index (κ3) is 5.05. The molecule has 1 nitrogen and oxygen atoms in total. The number of aryl methyl sites for hydroxylation is 4. The van der Waals surface area contributed by atoms with Gasteiger partial charge in [-0.25, -0.2) is 0 Å². The molecular weight excluding hydrogens is 314 g/mol. The lowest BCUT2D eigenvalue weighted by Crippen LogP contribution is -1.94. The van der Waals surface area contributed by atoms with Gasteiger partial charge in [0.15, 0.2) is 0 Å². The maximum atomic E-state index is 4.68. The van der Waals surface area contributed by atoms with Gasteiger partial charge in [0.1, 0.15) is 0 Å². The maximum absolute atomic E-state index is 4.68. The van der Waals surface area contributed by atoms with Crippen LogP contribution >= 0.6 is 0 Å². The zero-order valence-corrected chi connectivity index (χ0v) is 16.0. The lowest BCUT2D eigenvalue weighted by molar-refractivity contribution is 0.795. The Morgan fingerprint density at radius 3 is 1.81 bits per heavy atom. The van der Waals surface area contributed by atoms with E-state index in [0.717, 1.165) is 25.0 Å². The number of aromatic nitrogens is 1. The third-order valence-electron chi connectivity index (χ3n) is 5.03. The monoisotopic (exact) mass is 343 g/mol. The summed E-state index contributed by atoms with van der Waals surface area (Å²) in [5.41, 5.74) is 7.78. The highest BCUT2D eigenvalue weighted by Crippen LogP contribution is 2.19. The van der Waals surface area contributed by atoms with E-state index in [0.29, 0.717) is 0 Å². The summed E-state index contributed by atoms with van der Waals surface area (Å²) in [4.78, 5) is 4.68. The van der Waals surface area contributed by atoms with Crippen molar-refractivity contribution in [3.8, 4) is 11.3 Å². The van der Waals surface area contributed by atoms with Crippen LogP contribution in [0.4, 0.5) is 0 Å². The Hall–Kier alpha value is -2.41. The van der Waals surface area contributed by atoms with Crippen LogP contribution in [0.25, 0.3) is 11.3 Å². The van der Waals surface area contributed by atoms with Crippen LogP contribution in [0.15, 0.2) is 66.9 Å². The average Bonchev–Trinajstić information content (AvgIpc) is 2.72.